The molecule has 47 heavy (non-hydrogen) atoms. The van der Waals surface area contributed by atoms with E-state index >= 15 is 0 Å². The number of likely N-dealkylation sites (tertiary alicyclic amines) is 2. The summed E-state index contributed by atoms with van der Waals surface area (Å²) in [5.41, 5.74) is 0.906. The molecule has 254 valence electrons. The van der Waals surface area contributed by atoms with Crippen molar-refractivity contribution in [1.29, 1.82) is 0 Å². The van der Waals surface area contributed by atoms with Crippen molar-refractivity contribution in [2.24, 2.45) is 11.8 Å². The number of carbonyl (C=O) groups is 4. The van der Waals surface area contributed by atoms with Crippen LogP contribution in [0.15, 0.2) is 24.5 Å². The van der Waals surface area contributed by atoms with Crippen molar-refractivity contribution in [3.63, 3.8) is 0 Å². The van der Waals surface area contributed by atoms with Gasteiger partial charge in [-0.2, -0.15) is 0 Å². The minimum atomic E-state index is -0.851. The van der Waals surface area contributed by atoms with Gasteiger partial charge in [-0.25, -0.2) is 4.98 Å². The Hall–Kier alpha value is -4.07. The van der Waals surface area contributed by atoms with Crippen LogP contribution in [0.25, 0.3) is 0 Å². The Bertz CT molecular complexity index is 1430. The monoisotopic (exact) mass is 649 g/mol. The van der Waals surface area contributed by atoms with Crippen LogP contribution in [0.3, 0.4) is 0 Å². The van der Waals surface area contributed by atoms with Crippen LogP contribution in [-0.4, -0.2) is 123 Å². The number of pyridine rings is 1. The number of aromatic nitrogens is 4. The van der Waals surface area contributed by atoms with Gasteiger partial charge >= 0.3 is 0 Å². The molecular formula is C33H47N9O5. The molecule has 0 saturated carbocycles. The first kappa shape index (κ1) is 32.9. The van der Waals surface area contributed by atoms with Gasteiger partial charge in [-0.1, -0.05) is 11.6 Å². The van der Waals surface area contributed by atoms with E-state index in [0.29, 0.717) is 64.3 Å². The van der Waals surface area contributed by atoms with Gasteiger partial charge in [0, 0.05) is 70.9 Å². The van der Waals surface area contributed by atoms with Crippen LogP contribution < -0.4 is 15.4 Å². The molecule has 4 aliphatic heterocycles. The Balaban J connectivity index is 1.15. The molecule has 0 spiro atoms. The maximum atomic E-state index is 14.1. The van der Waals surface area contributed by atoms with E-state index in [1.807, 2.05) is 20.7 Å². The number of carbonyl (C=O) groups excluding carboxylic acids is 4. The van der Waals surface area contributed by atoms with E-state index in [-0.39, 0.29) is 53.5 Å². The van der Waals surface area contributed by atoms with E-state index in [1.165, 1.54) is 26.2 Å². The molecule has 0 aliphatic carbocycles. The van der Waals surface area contributed by atoms with Gasteiger partial charge in [0.25, 0.3) is 5.91 Å². The first-order valence-electron chi connectivity index (χ1n) is 17.2. The lowest BCUT2D eigenvalue weighted by atomic mass is 9.80. The predicted molar refractivity (Wildman–Crippen MR) is 171 cm³/mol. The Morgan fingerprint density at radius 2 is 1.89 bits per heavy atom. The third-order valence-electron chi connectivity index (χ3n) is 10.0. The molecule has 14 nitrogen and oxygen atoms in total. The number of hydrogen-bond donors (Lipinski definition) is 2. The third kappa shape index (κ3) is 8.45. The highest BCUT2D eigenvalue weighted by Crippen LogP contribution is 2.32. The summed E-state index contributed by atoms with van der Waals surface area (Å²) in [7, 11) is 0. The number of piperidine rings is 2. The van der Waals surface area contributed by atoms with E-state index in [2.05, 4.69) is 30.8 Å². The highest BCUT2D eigenvalue weighted by Gasteiger charge is 2.38. The van der Waals surface area contributed by atoms with Crippen molar-refractivity contribution in [2.75, 3.05) is 52.4 Å². The van der Waals surface area contributed by atoms with Crippen LogP contribution in [-0.2, 0) is 27.3 Å². The lowest BCUT2D eigenvalue weighted by Crippen LogP contribution is -2.54. The van der Waals surface area contributed by atoms with Crippen molar-refractivity contribution in [3.8, 4) is 5.88 Å². The van der Waals surface area contributed by atoms with Crippen LogP contribution in [0, 0.1) is 11.8 Å². The number of nitrogens with one attached hydrogen (secondary N) is 2. The molecule has 2 aromatic rings. The minimum absolute atomic E-state index is 0.0124. The third-order valence-corrected chi connectivity index (χ3v) is 10.0. The fraction of sp³-hybridized carbons (Fsp3) is 0.667. The fourth-order valence-electron chi connectivity index (χ4n) is 7.44. The van der Waals surface area contributed by atoms with Crippen molar-refractivity contribution in [1.82, 2.24) is 45.3 Å². The Morgan fingerprint density at radius 1 is 1.04 bits per heavy atom. The number of amides is 4. The van der Waals surface area contributed by atoms with Crippen LogP contribution in [0.1, 0.15) is 67.9 Å². The Labute approximate surface area is 275 Å². The van der Waals surface area contributed by atoms with E-state index in [0.717, 1.165) is 26.1 Å². The molecule has 6 rings (SSSR count). The highest BCUT2D eigenvalue weighted by atomic mass is 16.5. The van der Waals surface area contributed by atoms with Crippen molar-refractivity contribution < 1.29 is 23.9 Å². The van der Waals surface area contributed by atoms with Crippen molar-refractivity contribution >= 4 is 23.6 Å². The predicted octanol–water partition coefficient (Wildman–Crippen LogP) is 0.874. The van der Waals surface area contributed by atoms with Gasteiger partial charge in [-0.05, 0) is 69.2 Å². The van der Waals surface area contributed by atoms with Gasteiger partial charge in [0.1, 0.15) is 11.6 Å². The Kier molecular flexibility index (Phi) is 10.6. The molecule has 3 fully saturated rings. The molecule has 0 radical (unpaired) electrons. The molecule has 0 unspecified atom stereocenters. The summed E-state index contributed by atoms with van der Waals surface area (Å²) >= 11 is 0. The van der Waals surface area contributed by atoms with Gasteiger partial charge in [0.05, 0.1) is 18.8 Å². The number of ether oxygens (including phenoxy) is 1. The summed E-state index contributed by atoms with van der Waals surface area (Å²) < 4.78 is 7.86. The summed E-state index contributed by atoms with van der Waals surface area (Å²) in [5.74, 6) is -0.266. The molecule has 2 N–H and O–H groups in total. The van der Waals surface area contributed by atoms with Crippen molar-refractivity contribution in [2.45, 2.75) is 76.9 Å². The lowest BCUT2D eigenvalue weighted by Gasteiger charge is -2.40. The number of rotatable bonds is 8. The maximum absolute atomic E-state index is 14.1. The van der Waals surface area contributed by atoms with Gasteiger partial charge < -0.3 is 30.1 Å². The highest BCUT2D eigenvalue weighted by molar-refractivity contribution is 5.99. The topological polar surface area (TPSA) is 155 Å². The quantitative estimate of drug-likeness (QED) is 0.424. The minimum Gasteiger partial charge on any atom is -0.477 e. The summed E-state index contributed by atoms with van der Waals surface area (Å²) in [4.78, 5) is 62.9. The van der Waals surface area contributed by atoms with E-state index in [9.17, 15) is 19.2 Å². The average molecular weight is 650 g/mol. The zero-order valence-electron chi connectivity index (χ0n) is 27.3. The standard InChI is InChI=1S/C33H47N9O5/c1-23(43)35-26-8-14-40(21-26)30(44)18-24-7-13-41-20-25(24)9-17-47-32-28(6-5-10-34-32)31(45)36-29(33(41)46)19-27-22-42(38-37-27)16-15-39-11-3-2-4-12-39/h5-6,10,22,24-26,29H,2-4,7-9,11-21H2,1H3,(H,35,43)(H,36,45)/t24-,25-,26+,29+/m0/s1. The zero-order valence-corrected chi connectivity index (χ0v) is 27.3. The zero-order chi connectivity index (χ0) is 32.8. The first-order valence-corrected chi connectivity index (χ1v) is 17.2. The second kappa shape index (κ2) is 15.2. The van der Waals surface area contributed by atoms with E-state index < -0.39 is 11.9 Å². The molecule has 6 heterocycles. The van der Waals surface area contributed by atoms with Gasteiger partial charge in [-0.15, -0.1) is 5.10 Å². The Morgan fingerprint density at radius 3 is 2.72 bits per heavy atom. The SMILES string of the molecule is CC(=O)N[C@@H]1CCN(C(=O)C[C@@H]2CCN3C[C@@H]2CCOc2ncccc2C(=O)N[C@H](Cc2cn(CCN4CCCCC4)nn2)C3=O)C1. The molecular weight excluding hydrogens is 602 g/mol. The fourth-order valence-corrected chi connectivity index (χ4v) is 7.44. The summed E-state index contributed by atoms with van der Waals surface area (Å²) in [5, 5.41) is 14.6. The molecule has 2 aromatic heterocycles. The maximum Gasteiger partial charge on any atom is 0.257 e. The summed E-state index contributed by atoms with van der Waals surface area (Å²) in [6.45, 7) is 7.75. The summed E-state index contributed by atoms with van der Waals surface area (Å²) in [6.07, 6.45) is 9.82. The average Bonchev–Trinajstić information content (AvgIpc) is 3.73. The molecule has 0 aromatic carbocycles. The van der Waals surface area contributed by atoms with Crippen LogP contribution in [0.4, 0.5) is 0 Å². The van der Waals surface area contributed by atoms with E-state index in [1.54, 1.807) is 18.3 Å². The molecule has 14 heteroatoms. The smallest absolute Gasteiger partial charge is 0.257 e. The number of nitrogens with zero attached hydrogens (tertiary/aromatic N) is 7. The molecule has 4 aliphatic rings. The molecule has 4 amide bonds. The van der Waals surface area contributed by atoms with Crippen LogP contribution in [0.5, 0.6) is 5.88 Å². The number of fused-ring (bicyclic) bond motifs is 3. The first-order chi connectivity index (χ1) is 22.8. The van der Waals surface area contributed by atoms with Crippen LogP contribution >= 0.6 is 0 Å². The van der Waals surface area contributed by atoms with Gasteiger partial charge in [0.15, 0.2) is 0 Å². The van der Waals surface area contributed by atoms with Crippen LogP contribution in [0.2, 0.25) is 0 Å². The van der Waals surface area contributed by atoms with Gasteiger partial charge in [0.2, 0.25) is 23.6 Å². The van der Waals surface area contributed by atoms with Crippen molar-refractivity contribution in [3.05, 3.63) is 35.8 Å². The van der Waals surface area contributed by atoms with Gasteiger partial charge in [-0.3, -0.25) is 23.9 Å². The molecule has 4 atom stereocenters. The second-order valence-corrected chi connectivity index (χ2v) is 13.4. The number of hydrogen-bond acceptors (Lipinski definition) is 9. The molecule has 2 bridgehead atoms. The summed E-state index contributed by atoms with van der Waals surface area (Å²) in [6, 6.07) is 2.46. The van der Waals surface area contributed by atoms with E-state index in [4.69, 9.17) is 4.74 Å². The largest absolute Gasteiger partial charge is 0.477 e. The molecule has 3 saturated heterocycles. The second-order valence-electron chi connectivity index (χ2n) is 13.4. The lowest BCUT2D eigenvalue weighted by molar-refractivity contribution is -0.137. The normalized spacial score (nSPS) is 25.6.